The molecule has 0 aliphatic rings. The fraction of sp³-hybridized carbons (Fsp3) is 0.800. The second-order valence-electron chi connectivity index (χ2n) is 3.44. The summed E-state index contributed by atoms with van der Waals surface area (Å²) in [6.07, 6.45) is 1.28. The van der Waals surface area contributed by atoms with Crippen LogP contribution in [-0.4, -0.2) is 48.0 Å². The zero-order valence-electron chi connectivity index (χ0n) is 10.1. The largest absolute Gasteiger partial charge is 0.409 e. The Labute approximate surface area is 96.5 Å². The first-order valence-electron chi connectivity index (χ1n) is 5.60. The number of carbonyl (C=O) groups is 1. The summed E-state index contributed by atoms with van der Waals surface area (Å²) in [6.45, 7) is 6.42. The van der Waals surface area contributed by atoms with Gasteiger partial charge in [0.25, 0.3) is 0 Å². The van der Waals surface area contributed by atoms with E-state index in [9.17, 15) is 4.79 Å². The van der Waals surface area contributed by atoms with Gasteiger partial charge in [-0.25, -0.2) is 0 Å². The number of carbonyl (C=O) groups excluding carboxylic acids is 1. The molecule has 0 aromatic rings. The number of hydrogen-bond acceptors (Lipinski definition) is 4. The quantitative estimate of drug-likeness (QED) is 0.179. The van der Waals surface area contributed by atoms with Crippen molar-refractivity contribution in [3.8, 4) is 0 Å². The predicted molar refractivity (Wildman–Crippen MR) is 63.4 cm³/mol. The first-order valence-corrected chi connectivity index (χ1v) is 5.60. The molecule has 0 fully saturated rings. The average molecular weight is 230 g/mol. The highest BCUT2D eigenvalue weighted by Crippen LogP contribution is 1.89. The van der Waals surface area contributed by atoms with Crippen molar-refractivity contribution in [1.29, 1.82) is 0 Å². The van der Waals surface area contributed by atoms with Crippen LogP contribution < -0.4 is 11.1 Å². The second-order valence-corrected chi connectivity index (χ2v) is 3.44. The van der Waals surface area contributed by atoms with Gasteiger partial charge in [0.05, 0.1) is 6.54 Å². The highest BCUT2D eigenvalue weighted by molar-refractivity contribution is 5.79. The number of hydrogen-bond donors (Lipinski definition) is 3. The van der Waals surface area contributed by atoms with Crippen LogP contribution in [0.3, 0.4) is 0 Å². The normalized spacial score (nSPS) is 11.5. The Morgan fingerprint density at radius 3 is 2.56 bits per heavy atom. The molecule has 0 radical (unpaired) electrons. The smallest absolute Gasteiger partial charge is 0.236 e. The third-order valence-corrected chi connectivity index (χ3v) is 2.31. The number of nitrogens with two attached hydrogens (primary N) is 1. The van der Waals surface area contributed by atoms with Gasteiger partial charge in [0, 0.05) is 19.5 Å². The minimum atomic E-state index is 0.105. The number of nitrogens with zero attached hydrogens (tertiary/aromatic N) is 2. The summed E-state index contributed by atoms with van der Waals surface area (Å²) in [7, 11) is 0. The maximum atomic E-state index is 11.5. The summed E-state index contributed by atoms with van der Waals surface area (Å²) < 4.78 is 0. The van der Waals surface area contributed by atoms with Crippen LogP contribution in [0.4, 0.5) is 0 Å². The van der Waals surface area contributed by atoms with Crippen molar-refractivity contribution in [2.75, 3.05) is 26.2 Å². The van der Waals surface area contributed by atoms with Crippen molar-refractivity contribution in [2.24, 2.45) is 10.9 Å². The molecule has 6 heteroatoms. The van der Waals surface area contributed by atoms with E-state index >= 15 is 0 Å². The Morgan fingerprint density at radius 1 is 1.44 bits per heavy atom. The number of amidine groups is 1. The molecule has 0 bridgehead atoms. The number of amides is 1. The van der Waals surface area contributed by atoms with Crippen LogP contribution in [0, 0.1) is 0 Å². The summed E-state index contributed by atoms with van der Waals surface area (Å²) in [5, 5.41) is 14.2. The van der Waals surface area contributed by atoms with Crippen LogP contribution in [-0.2, 0) is 4.79 Å². The molecule has 4 N–H and O–H groups in total. The fourth-order valence-electron chi connectivity index (χ4n) is 1.33. The second kappa shape index (κ2) is 8.96. The van der Waals surface area contributed by atoms with Crippen LogP contribution in [0.2, 0.25) is 0 Å². The Hall–Kier alpha value is -1.30. The van der Waals surface area contributed by atoms with Gasteiger partial charge < -0.3 is 21.2 Å². The Kier molecular flexibility index (Phi) is 8.24. The minimum absolute atomic E-state index is 0.105. The van der Waals surface area contributed by atoms with Gasteiger partial charge in [-0.3, -0.25) is 4.79 Å². The van der Waals surface area contributed by atoms with Gasteiger partial charge in [-0.1, -0.05) is 5.16 Å². The lowest BCUT2D eigenvalue weighted by atomic mass is 10.3. The lowest BCUT2D eigenvalue weighted by molar-refractivity contribution is -0.129. The lowest BCUT2D eigenvalue weighted by Crippen LogP contribution is -2.38. The molecule has 16 heavy (non-hydrogen) atoms. The van der Waals surface area contributed by atoms with Gasteiger partial charge in [-0.15, -0.1) is 0 Å². The van der Waals surface area contributed by atoms with E-state index in [-0.39, 0.29) is 11.7 Å². The van der Waals surface area contributed by atoms with E-state index < -0.39 is 0 Å². The first-order chi connectivity index (χ1) is 7.65. The van der Waals surface area contributed by atoms with Crippen LogP contribution in [0.5, 0.6) is 0 Å². The van der Waals surface area contributed by atoms with Gasteiger partial charge >= 0.3 is 0 Å². The maximum absolute atomic E-state index is 11.5. The fourth-order valence-corrected chi connectivity index (χ4v) is 1.33. The molecule has 0 saturated carbocycles. The molecule has 0 heterocycles. The lowest BCUT2D eigenvalue weighted by Gasteiger charge is -2.18. The van der Waals surface area contributed by atoms with Gasteiger partial charge in [0.15, 0.2) is 0 Å². The number of oxime groups is 1. The molecule has 0 rings (SSSR count). The van der Waals surface area contributed by atoms with Crippen molar-refractivity contribution < 1.29 is 10.0 Å². The van der Waals surface area contributed by atoms with Crippen molar-refractivity contribution in [1.82, 2.24) is 10.2 Å². The molecular weight excluding hydrogens is 208 g/mol. The van der Waals surface area contributed by atoms with Crippen molar-refractivity contribution >= 4 is 11.7 Å². The van der Waals surface area contributed by atoms with Crippen LogP contribution in [0.15, 0.2) is 5.16 Å². The predicted octanol–water partition coefficient (Wildman–Crippen LogP) is -0.0290. The molecule has 1 amide bonds. The minimum Gasteiger partial charge on any atom is -0.409 e. The van der Waals surface area contributed by atoms with Gasteiger partial charge in [0.2, 0.25) is 5.91 Å². The molecule has 0 atom stereocenters. The van der Waals surface area contributed by atoms with E-state index in [0.717, 1.165) is 19.5 Å². The van der Waals surface area contributed by atoms with E-state index in [1.165, 1.54) is 0 Å². The van der Waals surface area contributed by atoms with E-state index in [4.69, 9.17) is 10.9 Å². The molecule has 94 valence electrons. The van der Waals surface area contributed by atoms with E-state index in [0.29, 0.717) is 19.5 Å². The maximum Gasteiger partial charge on any atom is 0.236 e. The molecular formula is C10H22N4O2. The average Bonchev–Trinajstić information content (AvgIpc) is 2.29. The highest BCUT2D eigenvalue weighted by atomic mass is 16.4. The third-order valence-electron chi connectivity index (χ3n) is 2.31. The summed E-state index contributed by atoms with van der Waals surface area (Å²) in [5.74, 6) is 0.325. The molecule has 0 aliphatic heterocycles. The van der Waals surface area contributed by atoms with Crippen molar-refractivity contribution in [2.45, 2.75) is 26.7 Å². The van der Waals surface area contributed by atoms with Crippen LogP contribution in [0.1, 0.15) is 26.7 Å². The zero-order valence-corrected chi connectivity index (χ0v) is 10.1. The SMILES string of the molecule is CCN(CC)C(=O)CNCCCC(N)=NO. The molecule has 0 aromatic carbocycles. The number of likely N-dealkylation sites (N-methyl/N-ethyl adjacent to an activating group) is 1. The van der Waals surface area contributed by atoms with Crippen LogP contribution >= 0.6 is 0 Å². The molecule has 0 saturated heterocycles. The Balaban J connectivity index is 3.55. The Bertz CT molecular complexity index is 227. The first kappa shape index (κ1) is 14.7. The van der Waals surface area contributed by atoms with Crippen LogP contribution in [0.25, 0.3) is 0 Å². The van der Waals surface area contributed by atoms with Gasteiger partial charge in [0.1, 0.15) is 5.84 Å². The molecule has 0 spiro atoms. The molecule has 0 aromatic heterocycles. The van der Waals surface area contributed by atoms with E-state index in [1.807, 2.05) is 13.8 Å². The standard InChI is InChI=1S/C10H22N4O2/c1-3-14(4-2)10(15)8-12-7-5-6-9(11)13-16/h12,16H,3-8H2,1-2H3,(H2,11,13). The third kappa shape index (κ3) is 6.23. The highest BCUT2D eigenvalue weighted by Gasteiger charge is 2.07. The van der Waals surface area contributed by atoms with E-state index in [1.54, 1.807) is 4.90 Å². The monoisotopic (exact) mass is 230 g/mol. The number of rotatable bonds is 8. The van der Waals surface area contributed by atoms with Crippen molar-refractivity contribution in [3.63, 3.8) is 0 Å². The molecule has 0 aliphatic carbocycles. The zero-order chi connectivity index (χ0) is 12.4. The summed E-state index contributed by atoms with van der Waals surface area (Å²) in [6, 6.07) is 0. The van der Waals surface area contributed by atoms with Crippen molar-refractivity contribution in [3.05, 3.63) is 0 Å². The molecule has 0 unspecified atom stereocenters. The molecule has 6 nitrogen and oxygen atoms in total. The van der Waals surface area contributed by atoms with E-state index in [2.05, 4.69) is 10.5 Å². The van der Waals surface area contributed by atoms with Gasteiger partial charge in [-0.05, 0) is 26.8 Å². The summed E-state index contributed by atoms with van der Waals surface area (Å²) in [4.78, 5) is 13.3. The Morgan fingerprint density at radius 2 is 2.06 bits per heavy atom. The topological polar surface area (TPSA) is 91.0 Å². The number of nitrogens with one attached hydrogen (secondary N) is 1. The van der Waals surface area contributed by atoms with Gasteiger partial charge in [-0.2, -0.15) is 0 Å². The summed E-state index contributed by atoms with van der Waals surface area (Å²) in [5.41, 5.74) is 5.30. The summed E-state index contributed by atoms with van der Waals surface area (Å²) >= 11 is 0.